The summed E-state index contributed by atoms with van der Waals surface area (Å²) in [6.07, 6.45) is 5.17. The van der Waals surface area contributed by atoms with E-state index in [0.29, 0.717) is 0 Å². The molecule has 0 aromatic heterocycles. The minimum Gasteiger partial charge on any atom is -0.480 e. The zero-order valence-electron chi connectivity index (χ0n) is 9.69. The summed E-state index contributed by atoms with van der Waals surface area (Å²) in [5.41, 5.74) is 3.97. The molecule has 0 radical (unpaired) electrons. The number of carbonyl (C=O) groups is 3. The van der Waals surface area contributed by atoms with Crippen LogP contribution in [0.15, 0.2) is 0 Å². The van der Waals surface area contributed by atoms with Gasteiger partial charge in [0.25, 0.3) is 0 Å². The van der Waals surface area contributed by atoms with Crippen LogP contribution in [-0.2, 0) is 9.59 Å². The smallest absolute Gasteiger partial charge is 0.323 e. The number of aliphatic carboxylic acids is 1. The van der Waals surface area contributed by atoms with Gasteiger partial charge in [-0.25, -0.2) is 4.79 Å². The number of carboxylic acids is 1. The lowest BCUT2D eigenvalue weighted by Crippen LogP contribution is -2.52. The summed E-state index contributed by atoms with van der Waals surface area (Å²) in [5.74, 6) is 0.256. The second kappa shape index (κ2) is 5.75. The van der Waals surface area contributed by atoms with Crippen LogP contribution in [0.2, 0.25) is 0 Å². The first-order valence-electron chi connectivity index (χ1n) is 4.73. The molecule has 0 spiro atoms. The van der Waals surface area contributed by atoms with Gasteiger partial charge in [-0.05, 0) is 13.8 Å². The third kappa shape index (κ3) is 6.04. The second-order valence-electron chi connectivity index (χ2n) is 3.92. The van der Waals surface area contributed by atoms with E-state index in [0.717, 1.165) is 4.90 Å². The number of hydrogen-bond donors (Lipinski definition) is 3. The third-order valence-electron chi connectivity index (χ3n) is 1.74. The Kier molecular flexibility index (Phi) is 4.99. The van der Waals surface area contributed by atoms with Gasteiger partial charge < -0.3 is 21.1 Å². The maximum Gasteiger partial charge on any atom is 0.323 e. The fourth-order valence-electron chi connectivity index (χ4n) is 0.933. The number of nitrogens with two attached hydrogens (primary N) is 1. The highest BCUT2D eigenvalue weighted by atomic mass is 16.4. The van der Waals surface area contributed by atoms with Gasteiger partial charge in [-0.2, -0.15) is 0 Å². The van der Waals surface area contributed by atoms with Gasteiger partial charge in [0, 0.05) is 0 Å². The molecule has 94 valence electrons. The maximum absolute atomic E-state index is 11.6. The first-order valence-corrected chi connectivity index (χ1v) is 4.73. The molecule has 0 saturated carbocycles. The fraction of sp³-hybridized carbons (Fsp3) is 0.500. The highest BCUT2D eigenvalue weighted by molar-refractivity contribution is 5.86. The van der Waals surface area contributed by atoms with Gasteiger partial charge in [-0.1, -0.05) is 5.92 Å². The van der Waals surface area contributed by atoms with Crippen molar-refractivity contribution in [3.05, 3.63) is 0 Å². The fourth-order valence-corrected chi connectivity index (χ4v) is 0.933. The van der Waals surface area contributed by atoms with Gasteiger partial charge in [0.15, 0.2) is 0 Å². The van der Waals surface area contributed by atoms with Gasteiger partial charge in [-0.15, -0.1) is 6.42 Å². The quantitative estimate of drug-likeness (QED) is 0.534. The Morgan fingerprint density at radius 3 is 2.29 bits per heavy atom. The molecule has 0 aromatic carbocycles. The molecular formula is C10H15N3O4. The van der Waals surface area contributed by atoms with Crippen LogP contribution in [0.4, 0.5) is 4.79 Å². The Labute approximate surface area is 99.0 Å². The van der Waals surface area contributed by atoms with E-state index >= 15 is 0 Å². The molecule has 4 N–H and O–H groups in total. The molecule has 0 aromatic rings. The molecule has 7 heteroatoms. The number of nitrogens with zero attached hydrogens (tertiary/aromatic N) is 1. The summed E-state index contributed by atoms with van der Waals surface area (Å²) in [5, 5.41) is 11.0. The molecule has 0 unspecified atom stereocenters. The molecule has 0 saturated heterocycles. The minimum atomic E-state index is -1.25. The van der Waals surface area contributed by atoms with Crippen molar-refractivity contribution < 1.29 is 19.5 Å². The first kappa shape index (κ1) is 14.8. The summed E-state index contributed by atoms with van der Waals surface area (Å²) in [4.78, 5) is 33.6. The van der Waals surface area contributed by atoms with Crippen molar-refractivity contribution in [1.82, 2.24) is 10.2 Å². The zero-order chi connectivity index (χ0) is 13.6. The second-order valence-corrected chi connectivity index (χ2v) is 3.92. The zero-order valence-corrected chi connectivity index (χ0v) is 9.69. The maximum atomic E-state index is 11.6. The van der Waals surface area contributed by atoms with Gasteiger partial charge in [0.2, 0.25) is 5.91 Å². The standard InChI is InChI=1S/C10H15N3O4/c1-4-10(2,3)12-9(17)13(5-7(11)14)6-8(15)16/h1H,5-6H2,2-3H3,(H2,11,14)(H,12,17)(H,15,16). The van der Waals surface area contributed by atoms with E-state index in [2.05, 4.69) is 11.2 Å². The molecule has 0 bridgehead atoms. The van der Waals surface area contributed by atoms with Crippen molar-refractivity contribution in [2.75, 3.05) is 13.1 Å². The Hall–Kier alpha value is -2.23. The van der Waals surface area contributed by atoms with Crippen LogP contribution in [-0.4, -0.2) is 46.5 Å². The lowest BCUT2D eigenvalue weighted by molar-refractivity contribution is -0.137. The van der Waals surface area contributed by atoms with Crippen LogP contribution < -0.4 is 11.1 Å². The van der Waals surface area contributed by atoms with Crippen LogP contribution in [0.3, 0.4) is 0 Å². The SMILES string of the molecule is C#CC(C)(C)NC(=O)N(CC(N)=O)CC(=O)O. The summed E-state index contributed by atoms with van der Waals surface area (Å²) in [6, 6.07) is -0.755. The molecule has 0 fully saturated rings. The van der Waals surface area contributed by atoms with Gasteiger partial charge in [-0.3, -0.25) is 9.59 Å². The van der Waals surface area contributed by atoms with Crippen LogP contribution >= 0.6 is 0 Å². The van der Waals surface area contributed by atoms with E-state index in [1.54, 1.807) is 13.8 Å². The van der Waals surface area contributed by atoms with E-state index in [4.69, 9.17) is 17.3 Å². The number of urea groups is 1. The van der Waals surface area contributed by atoms with Gasteiger partial charge in [0.1, 0.15) is 13.1 Å². The monoisotopic (exact) mass is 241 g/mol. The molecule has 3 amide bonds. The van der Waals surface area contributed by atoms with Crippen molar-refractivity contribution in [3.63, 3.8) is 0 Å². The van der Waals surface area contributed by atoms with Crippen LogP contribution in [0, 0.1) is 12.3 Å². The molecule has 0 atom stereocenters. The van der Waals surface area contributed by atoms with Crippen molar-refractivity contribution in [1.29, 1.82) is 0 Å². The van der Waals surface area contributed by atoms with E-state index in [-0.39, 0.29) is 0 Å². The summed E-state index contributed by atoms with van der Waals surface area (Å²) >= 11 is 0. The molecule has 0 heterocycles. The van der Waals surface area contributed by atoms with Gasteiger partial charge in [0.05, 0.1) is 5.54 Å². The average molecular weight is 241 g/mol. The summed E-state index contributed by atoms with van der Waals surface area (Å²) in [7, 11) is 0. The van der Waals surface area contributed by atoms with E-state index < -0.39 is 36.5 Å². The van der Waals surface area contributed by atoms with Crippen LogP contribution in [0.1, 0.15) is 13.8 Å². The first-order chi connectivity index (χ1) is 7.68. The van der Waals surface area contributed by atoms with Crippen LogP contribution in [0.25, 0.3) is 0 Å². The van der Waals surface area contributed by atoms with Gasteiger partial charge >= 0.3 is 12.0 Å². The molecule has 0 rings (SSSR count). The molecule has 0 aliphatic carbocycles. The molecule has 0 aliphatic rings. The molecule has 0 aliphatic heterocycles. The molecule has 7 nitrogen and oxygen atoms in total. The third-order valence-corrected chi connectivity index (χ3v) is 1.74. The lowest BCUT2D eigenvalue weighted by atomic mass is 10.1. The lowest BCUT2D eigenvalue weighted by Gasteiger charge is -2.25. The van der Waals surface area contributed by atoms with E-state index in [9.17, 15) is 14.4 Å². The Morgan fingerprint density at radius 1 is 1.41 bits per heavy atom. The predicted molar refractivity (Wildman–Crippen MR) is 59.8 cm³/mol. The van der Waals surface area contributed by atoms with Crippen molar-refractivity contribution in [2.45, 2.75) is 19.4 Å². The summed E-state index contributed by atoms with van der Waals surface area (Å²) < 4.78 is 0. The predicted octanol–water partition coefficient (Wildman–Crippen LogP) is -1.02. The van der Waals surface area contributed by atoms with Crippen molar-refractivity contribution in [3.8, 4) is 12.3 Å². The number of carbonyl (C=O) groups excluding carboxylic acids is 2. The molecular weight excluding hydrogens is 226 g/mol. The topological polar surface area (TPSA) is 113 Å². The van der Waals surface area contributed by atoms with Crippen LogP contribution in [0.5, 0.6) is 0 Å². The number of hydrogen-bond acceptors (Lipinski definition) is 3. The number of nitrogens with one attached hydrogen (secondary N) is 1. The minimum absolute atomic E-state index is 0.487. The number of primary amides is 1. The number of terminal acetylenes is 1. The normalized spacial score (nSPS) is 10.2. The number of rotatable bonds is 5. The largest absolute Gasteiger partial charge is 0.480 e. The highest BCUT2D eigenvalue weighted by Gasteiger charge is 2.24. The molecule has 17 heavy (non-hydrogen) atoms. The summed E-state index contributed by atoms with van der Waals surface area (Å²) in [6.45, 7) is 2.01. The Balaban J connectivity index is 4.70. The van der Waals surface area contributed by atoms with Crippen molar-refractivity contribution in [2.24, 2.45) is 5.73 Å². The Bertz CT molecular complexity index is 354. The van der Waals surface area contributed by atoms with E-state index in [1.807, 2.05) is 0 Å². The average Bonchev–Trinajstić information content (AvgIpc) is 2.14. The highest BCUT2D eigenvalue weighted by Crippen LogP contribution is 2.01. The number of amides is 3. The van der Waals surface area contributed by atoms with E-state index in [1.165, 1.54) is 0 Å². The van der Waals surface area contributed by atoms with Crippen molar-refractivity contribution >= 4 is 17.9 Å². The Morgan fingerprint density at radius 2 is 1.94 bits per heavy atom. The number of carboxylic acid groups (broad SMARTS) is 1.